The van der Waals surface area contributed by atoms with Crippen LogP contribution in [-0.2, 0) is 10.0 Å². The van der Waals surface area contributed by atoms with Crippen LogP contribution in [0.15, 0.2) is 30.3 Å². The average Bonchev–Trinajstić information content (AvgIpc) is 2.38. The summed E-state index contributed by atoms with van der Waals surface area (Å²) in [6, 6.07) is 8.31. The summed E-state index contributed by atoms with van der Waals surface area (Å²) in [5, 5.41) is 0. The SMILES string of the molecule is NCCCN(c1ccccc1)S(=O)(=O)CCCC(F)(F)F. The first-order valence-corrected chi connectivity index (χ1v) is 8.19. The van der Waals surface area contributed by atoms with E-state index in [1.165, 1.54) is 0 Å². The lowest BCUT2D eigenvalue weighted by Crippen LogP contribution is -2.35. The monoisotopic (exact) mass is 324 g/mol. The molecule has 8 heteroatoms. The highest BCUT2D eigenvalue weighted by Gasteiger charge is 2.29. The van der Waals surface area contributed by atoms with Gasteiger partial charge in [0.25, 0.3) is 0 Å². The standard InChI is InChI=1S/C13H19F3N2O2S/c14-13(15,16)8-4-11-21(19,20)18(10-5-9-17)12-6-2-1-3-7-12/h1-3,6-7H,4-5,8-11,17H2. The van der Waals surface area contributed by atoms with Crippen molar-refractivity contribution in [3.05, 3.63) is 30.3 Å². The molecule has 120 valence electrons. The van der Waals surface area contributed by atoms with Crippen molar-refractivity contribution in [2.24, 2.45) is 5.73 Å². The normalized spacial score (nSPS) is 12.4. The lowest BCUT2D eigenvalue weighted by Gasteiger charge is -2.24. The highest BCUT2D eigenvalue weighted by molar-refractivity contribution is 7.92. The third kappa shape index (κ3) is 6.34. The average molecular weight is 324 g/mol. The van der Waals surface area contributed by atoms with Crippen molar-refractivity contribution in [2.45, 2.75) is 25.4 Å². The van der Waals surface area contributed by atoms with Crippen molar-refractivity contribution in [1.82, 2.24) is 0 Å². The van der Waals surface area contributed by atoms with Gasteiger partial charge in [0.05, 0.1) is 11.4 Å². The van der Waals surface area contributed by atoms with E-state index in [9.17, 15) is 21.6 Å². The maximum Gasteiger partial charge on any atom is 0.389 e. The van der Waals surface area contributed by atoms with Crippen LogP contribution in [0.3, 0.4) is 0 Å². The molecule has 0 spiro atoms. The quantitative estimate of drug-likeness (QED) is 0.799. The molecule has 0 bridgehead atoms. The molecule has 0 fully saturated rings. The van der Waals surface area contributed by atoms with Gasteiger partial charge in [-0.3, -0.25) is 4.31 Å². The number of anilines is 1. The van der Waals surface area contributed by atoms with Gasteiger partial charge in [-0.1, -0.05) is 18.2 Å². The molecule has 0 radical (unpaired) electrons. The summed E-state index contributed by atoms with van der Waals surface area (Å²) < 4.78 is 62.0. The Labute approximate surface area is 122 Å². The first-order chi connectivity index (χ1) is 9.76. The lowest BCUT2D eigenvalue weighted by molar-refractivity contribution is -0.134. The predicted octanol–water partition coefficient (Wildman–Crippen LogP) is 2.51. The smallest absolute Gasteiger partial charge is 0.330 e. The third-order valence-corrected chi connectivity index (χ3v) is 4.68. The second-order valence-corrected chi connectivity index (χ2v) is 6.60. The van der Waals surface area contributed by atoms with Crippen molar-refractivity contribution in [2.75, 3.05) is 23.1 Å². The van der Waals surface area contributed by atoms with E-state index in [-0.39, 0.29) is 6.54 Å². The molecule has 1 rings (SSSR count). The number of hydrogen-bond acceptors (Lipinski definition) is 3. The first-order valence-electron chi connectivity index (χ1n) is 6.58. The molecule has 0 aliphatic carbocycles. The predicted molar refractivity (Wildman–Crippen MR) is 76.5 cm³/mol. The summed E-state index contributed by atoms with van der Waals surface area (Å²) >= 11 is 0. The van der Waals surface area contributed by atoms with Gasteiger partial charge in [0.15, 0.2) is 0 Å². The number of sulfonamides is 1. The van der Waals surface area contributed by atoms with Crippen molar-refractivity contribution < 1.29 is 21.6 Å². The van der Waals surface area contributed by atoms with Gasteiger partial charge in [-0.15, -0.1) is 0 Å². The highest BCUT2D eigenvalue weighted by atomic mass is 32.2. The number of halogens is 3. The molecule has 0 saturated carbocycles. The number of rotatable bonds is 8. The van der Waals surface area contributed by atoms with Crippen LogP contribution in [0.4, 0.5) is 18.9 Å². The van der Waals surface area contributed by atoms with Gasteiger partial charge in [0, 0.05) is 13.0 Å². The van der Waals surface area contributed by atoms with E-state index in [0.717, 1.165) is 4.31 Å². The Hall–Kier alpha value is -1.28. The first kappa shape index (κ1) is 17.8. The van der Waals surface area contributed by atoms with Gasteiger partial charge < -0.3 is 5.73 Å². The number of para-hydroxylation sites is 1. The Morgan fingerprint density at radius 2 is 1.71 bits per heavy atom. The molecule has 4 nitrogen and oxygen atoms in total. The summed E-state index contributed by atoms with van der Waals surface area (Å²) in [6.07, 6.45) is -5.46. The topological polar surface area (TPSA) is 63.4 Å². The minimum absolute atomic E-state index is 0.162. The van der Waals surface area contributed by atoms with E-state index in [1.807, 2.05) is 0 Å². The fourth-order valence-electron chi connectivity index (χ4n) is 1.82. The molecule has 2 N–H and O–H groups in total. The molecular formula is C13H19F3N2O2S. The molecule has 0 aliphatic heterocycles. The highest BCUT2D eigenvalue weighted by Crippen LogP contribution is 2.24. The molecule has 0 amide bonds. The molecular weight excluding hydrogens is 305 g/mol. The van der Waals surface area contributed by atoms with Crippen LogP contribution in [0.1, 0.15) is 19.3 Å². The van der Waals surface area contributed by atoms with Crippen LogP contribution in [0, 0.1) is 0 Å². The van der Waals surface area contributed by atoms with Gasteiger partial charge in [-0.2, -0.15) is 13.2 Å². The van der Waals surface area contributed by atoms with Gasteiger partial charge in [0.2, 0.25) is 10.0 Å². The summed E-state index contributed by atoms with van der Waals surface area (Å²) in [5.74, 6) is -0.536. The Kier molecular flexibility index (Phi) is 6.47. The maximum atomic E-state index is 12.2. The molecule has 0 aliphatic rings. The van der Waals surface area contributed by atoms with Gasteiger partial charge in [-0.25, -0.2) is 8.42 Å². The molecule has 0 unspecified atom stereocenters. The van der Waals surface area contributed by atoms with Crippen LogP contribution < -0.4 is 10.0 Å². The van der Waals surface area contributed by atoms with Crippen molar-refractivity contribution in [1.29, 1.82) is 0 Å². The summed E-state index contributed by atoms with van der Waals surface area (Å²) in [5.41, 5.74) is 5.83. The third-order valence-electron chi connectivity index (χ3n) is 2.81. The van der Waals surface area contributed by atoms with Crippen LogP contribution in [0.25, 0.3) is 0 Å². The molecule has 0 atom stereocenters. The van der Waals surface area contributed by atoms with Crippen molar-refractivity contribution in [3.63, 3.8) is 0 Å². The van der Waals surface area contributed by atoms with E-state index in [4.69, 9.17) is 5.73 Å². The molecule has 1 aromatic carbocycles. The molecule has 1 aromatic rings. The van der Waals surface area contributed by atoms with Gasteiger partial charge in [0.1, 0.15) is 0 Å². The Morgan fingerprint density at radius 1 is 1.10 bits per heavy atom. The van der Waals surface area contributed by atoms with E-state index in [2.05, 4.69) is 0 Å². The van der Waals surface area contributed by atoms with Gasteiger partial charge >= 0.3 is 6.18 Å². The number of nitrogens with zero attached hydrogens (tertiary/aromatic N) is 1. The van der Waals surface area contributed by atoms with Gasteiger partial charge in [-0.05, 0) is 31.5 Å². The van der Waals surface area contributed by atoms with E-state index >= 15 is 0 Å². The van der Waals surface area contributed by atoms with Crippen LogP contribution in [0.2, 0.25) is 0 Å². The Bertz CT molecular complexity index is 518. The van der Waals surface area contributed by atoms with Crippen LogP contribution in [0.5, 0.6) is 0 Å². The zero-order valence-electron chi connectivity index (χ0n) is 11.5. The summed E-state index contributed by atoms with van der Waals surface area (Å²) in [6.45, 7) is 0.469. The minimum atomic E-state index is -4.34. The zero-order chi connectivity index (χ0) is 15.9. The van der Waals surface area contributed by atoms with E-state index in [1.54, 1.807) is 30.3 Å². The number of alkyl halides is 3. The second-order valence-electron chi connectivity index (χ2n) is 4.58. The summed E-state index contributed by atoms with van der Waals surface area (Å²) in [4.78, 5) is 0. The van der Waals surface area contributed by atoms with Crippen LogP contribution in [-0.4, -0.2) is 33.4 Å². The Morgan fingerprint density at radius 3 is 2.24 bits per heavy atom. The number of nitrogens with two attached hydrogens (primary N) is 1. The maximum absolute atomic E-state index is 12.2. The summed E-state index contributed by atoms with van der Waals surface area (Å²) in [7, 11) is -3.79. The fourth-order valence-corrected chi connectivity index (χ4v) is 3.40. The molecule has 0 heterocycles. The Balaban J connectivity index is 2.81. The van der Waals surface area contributed by atoms with E-state index < -0.39 is 34.8 Å². The largest absolute Gasteiger partial charge is 0.389 e. The van der Waals surface area contributed by atoms with Crippen molar-refractivity contribution in [3.8, 4) is 0 Å². The fraction of sp³-hybridized carbons (Fsp3) is 0.538. The number of hydrogen-bond donors (Lipinski definition) is 1. The minimum Gasteiger partial charge on any atom is -0.330 e. The van der Waals surface area contributed by atoms with Crippen LogP contribution >= 0.6 is 0 Å². The molecule has 21 heavy (non-hydrogen) atoms. The lowest BCUT2D eigenvalue weighted by atomic mass is 10.3. The van der Waals surface area contributed by atoms with Crippen molar-refractivity contribution >= 4 is 15.7 Å². The molecule has 0 aromatic heterocycles. The zero-order valence-corrected chi connectivity index (χ0v) is 12.3. The van der Waals surface area contributed by atoms with E-state index in [0.29, 0.717) is 18.7 Å². The second kappa shape index (κ2) is 7.65. The molecule has 0 saturated heterocycles. The number of benzene rings is 1.